The fourth-order valence-corrected chi connectivity index (χ4v) is 2.89. The van der Waals surface area contributed by atoms with Gasteiger partial charge in [0.15, 0.2) is 0 Å². The maximum Gasteiger partial charge on any atom is 0.240 e. The van der Waals surface area contributed by atoms with Crippen LogP contribution in [-0.2, 0) is 10.0 Å². The van der Waals surface area contributed by atoms with E-state index in [2.05, 4.69) is 18.6 Å². The van der Waals surface area contributed by atoms with Crippen molar-refractivity contribution >= 4 is 10.0 Å². The van der Waals surface area contributed by atoms with Gasteiger partial charge >= 0.3 is 0 Å². The molecule has 1 aliphatic carbocycles. The van der Waals surface area contributed by atoms with Crippen molar-refractivity contribution in [3.63, 3.8) is 0 Å². The van der Waals surface area contributed by atoms with Gasteiger partial charge in [-0.3, -0.25) is 0 Å². The van der Waals surface area contributed by atoms with Crippen molar-refractivity contribution in [2.75, 3.05) is 0 Å². The van der Waals surface area contributed by atoms with Crippen molar-refractivity contribution in [3.8, 4) is 0 Å². The van der Waals surface area contributed by atoms with Gasteiger partial charge in [-0.15, -0.1) is 0 Å². The van der Waals surface area contributed by atoms with Gasteiger partial charge in [0.25, 0.3) is 0 Å². The molecule has 0 amide bonds. The lowest BCUT2D eigenvalue weighted by Crippen LogP contribution is -2.25. The first-order chi connectivity index (χ1) is 7.49. The highest BCUT2D eigenvalue weighted by Gasteiger charge is 2.27. The summed E-state index contributed by atoms with van der Waals surface area (Å²) in [5, 5.41) is 0. The SMILES string of the molecule is CC(C)c1cccc(S(=O)(=O)NC2CC2)c1. The van der Waals surface area contributed by atoms with Crippen LogP contribution in [0.1, 0.15) is 38.2 Å². The van der Waals surface area contributed by atoms with E-state index >= 15 is 0 Å². The molecule has 3 nitrogen and oxygen atoms in total. The summed E-state index contributed by atoms with van der Waals surface area (Å²) in [6, 6.07) is 7.33. The van der Waals surface area contributed by atoms with Gasteiger partial charge in [-0.05, 0) is 36.5 Å². The zero-order valence-corrected chi connectivity index (χ0v) is 10.4. The van der Waals surface area contributed by atoms with Gasteiger partial charge in [-0.1, -0.05) is 26.0 Å². The first-order valence-corrected chi connectivity index (χ1v) is 7.09. The molecule has 1 aliphatic rings. The summed E-state index contributed by atoms with van der Waals surface area (Å²) < 4.78 is 26.6. The van der Waals surface area contributed by atoms with Gasteiger partial charge in [-0.2, -0.15) is 0 Å². The smallest absolute Gasteiger partial charge is 0.208 e. The second-order valence-electron chi connectivity index (χ2n) is 4.62. The monoisotopic (exact) mass is 239 g/mol. The molecule has 0 heterocycles. The lowest BCUT2D eigenvalue weighted by molar-refractivity contribution is 0.581. The van der Waals surface area contributed by atoms with E-state index in [1.165, 1.54) is 0 Å². The molecule has 0 bridgehead atoms. The van der Waals surface area contributed by atoms with Crippen LogP contribution < -0.4 is 4.72 Å². The van der Waals surface area contributed by atoms with Crippen LogP contribution in [0, 0.1) is 0 Å². The highest BCUT2D eigenvalue weighted by molar-refractivity contribution is 7.89. The van der Waals surface area contributed by atoms with Gasteiger partial charge in [-0.25, -0.2) is 13.1 Å². The summed E-state index contributed by atoms with van der Waals surface area (Å²) in [5.74, 6) is 0.344. The third kappa shape index (κ3) is 2.62. The minimum atomic E-state index is -3.30. The van der Waals surface area contributed by atoms with E-state index in [1.54, 1.807) is 18.2 Å². The third-order valence-electron chi connectivity index (χ3n) is 2.73. The molecule has 0 saturated heterocycles. The topological polar surface area (TPSA) is 46.2 Å². The molecule has 1 aromatic carbocycles. The Morgan fingerprint density at radius 2 is 2.00 bits per heavy atom. The fraction of sp³-hybridized carbons (Fsp3) is 0.500. The number of hydrogen-bond acceptors (Lipinski definition) is 2. The molecule has 0 aromatic heterocycles. The molecule has 1 saturated carbocycles. The average Bonchev–Trinajstić information content (AvgIpc) is 3.01. The largest absolute Gasteiger partial charge is 0.240 e. The minimum absolute atomic E-state index is 0.160. The van der Waals surface area contributed by atoms with E-state index in [0.29, 0.717) is 10.8 Å². The van der Waals surface area contributed by atoms with E-state index in [0.717, 1.165) is 18.4 Å². The van der Waals surface area contributed by atoms with Crippen molar-refractivity contribution in [1.82, 2.24) is 4.72 Å². The highest BCUT2D eigenvalue weighted by Crippen LogP contribution is 2.23. The quantitative estimate of drug-likeness (QED) is 0.876. The third-order valence-corrected chi connectivity index (χ3v) is 4.25. The predicted molar refractivity (Wildman–Crippen MR) is 63.9 cm³/mol. The Bertz CT molecular complexity index is 476. The second-order valence-corrected chi connectivity index (χ2v) is 6.34. The number of nitrogens with one attached hydrogen (secondary N) is 1. The molecule has 4 heteroatoms. The maximum atomic E-state index is 11.9. The summed E-state index contributed by atoms with van der Waals surface area (Å²) >= 11 is 0. The minimum Gasteiger partial charge on any atom is -0.208 e. The van der Waals surface area contributed by atoms with E-state index in [4.69, 9.17) is 0 Å². The molecule has 0 radical (unpaired) electrons. The maximum absolute atomic E-state index is 11.9. The van der Waals surface area contributed by atoms with Crippen LogP contribution in [0.15, 0.2) is 29.2 Å². The number of rotatable bonds is 4. The first-order valence-electron chi connectivity index (χ1n) is 5.61. The molecule has 0 unspecified atom stereocenters. The Labute approximate surface area is 96.9 Å². The van der Waals surface area contributed by atoms with Gasteiger partial charge in [0, 0.05) is 6.04 Å². The summed E-state index contributed by atoms with van der Waals surface area (Å²) in [6.45, 7) is 4.11. The normalized spacial score (nSPS) is 16.7. The summed E-state index contributed by atoms with van der Waals surface area (Å²) in [4.78, 5) is 0.380. The van der Waals surface area contributed by atoms with Crippen LogP contribution in [-0.4, -0.2) is 14.5 Å². The van der Waals surface area contributed by atoms with Crippen LogP contribution in [0.2, 0.25) is 0 Å². The van der Waals surface area contributed by atoms with E-state index < -0.39 is 10.0 Å². The highest BCUT2D eigenvalue weighted by atomic mass is 32.2. The molecule has 1 N–H and O–H groups in total. The standard InChI is InChI=1S/C12H17NO2S/c1-9(2)10-4-3-5-12(8-10)16(14,15)13-11-6-7-11/h3-5,8-9,11,13H,6-7H2,1-2H3. The fourth-order valence-electron chi connectivity index (χ4n) is 1.53. The molecular formula is C12H17NO2S. The van der Waals surface area contributed by atoms with Crippen molar-refractivity contribution in [2.24, 2.45) is 0 Å². The second kappa shape index (κ2) is 4.18. The van der Waals surface area contributed by atoms with Crippen LogP contribution in [0.4, 0.5) is 0 Å². The number of sulfonamides is 1. The van der Waals surface area contributed by atoms with Crippen molar-refractivity contribution in [3.05, 3.63) is 29.8 Å². The van der Waals surface area contributed by atoms with Gasteiger partial charge in [0.2, 0.25) is 10.0 Å². The van der Waals surface area contributed by atoms with E-state index in [9.17, 15) is 8.42 Å². The van der Waals surface area contributed by atoms with Gasteiger partial charge < -0.3 is 0 Å². The first kappa shape index (κ1) is 11.6. The molecule has 1 aromatic rings. The zero-order chi connectivity index (χ0) is 11.8. The lowest BCUT2D eigenvalue weighted by Gasteiger charge is -2.09. The van der Waals surface area contributed by atoms with Crippen molar-refractivity contribution in [2.45, 2.75) is 43.5 Å². The van der Waals surface area contributed by atoms with Crippen molar-refractivity contribution in [1.29, 1.82) is 0 Å². The lowest BCUT2D eigenvalue weighted by atomic mass is 10.0. The number of hydrogen-bond donors (Lipinski definition) is 1. The molecular weight excluding hydrogens is 222 g/mol. The summed E-state index contributed by atoms with van der Waals surface area (Å²) in [5.41, 5.74) is 1.05. The Morgan fingerprint density at radius 1 is 1.31 bits per heavy atom. The Morgan fingerprint density at radius 3 is 2.56 bits per heavy atom. The van der Waals surface area contributed by atoms with Crippen LogP contribution >= 0.6 is 0 Å². The summed E-state index contributed by atoms with van der Waals surface area (Å²) in [6.07, 6.45) is 1.92. The van der Waals surface area contributed by atoms with E-state index in [-0.39, 0.29) is 6.04 Å². The molecule has 1 fully saturated rings. The molecule has 0 aliphatic heterocycles. The Kier molecular flexibility index (Phi) is 3.04. The van der Waals surface area contributed by atoms with Crippen LogP contribution in [0.5, 0.6) is 0 Å². The van der Waals surface area contributed by atoms with Gasteiger partial charge in [0.1, 0.15) is 0 Å². The number of benzene rings is 1. The summed E-state index contributed by atoms with van der Waals surface area (Å²) in [7, 11) is -3.30. The Balaban J connectivity index is 2.28. The Hall–Kier alpha value is -0.870. The molecule has 88 valence electrons. The average molecular weight is 239 g/mol. The zero-order valence-electron chi connectivity index (χ0n) is 9.60. The predicted octanol–water partition coefficient (Wildman–Crippen LogP) is 2.25. The molecule has 0 atom stereocenters. The van der Waals surface area contributed by atoms with Crippen LogP contribution in [0.3, 0.4) is 0 Å². The molecule has 0 spiro atoms. The van der Waals surface area contributed by atoms with Crippen molar-refractivity contribution < 1.29 is 8.42 Å². The molecule has 16 heavy (non-hydrogen) atoms. The van der Waals surface area contributed by atoms with Gasteiger partial charge in [0.05, 0.1) is 4.90 Å². The van der Waals surface area contributed by atoms with E-state index in [1.807, 2.05) is 6.07 Å². The molecule has 2 rings (SSSR count). The van der Waals surface area contributed by atoms with Crippen LogP contribution in [0.25, 0.3) is 0 Å².